The van der Waals surface area contributed by atoms with Gasteiger partial charge in [-0.15, -0.1) is 0 Å². The molecule has 0 aliphatic rings. The lowest BCUT2D eigenvalue weighted by Gasteiger charge is -2.29. The molecule has 5 heteroatoms. The summed E-state index contributed by atoms with van der Waals surface area (Å²) in [6, 6.07) is 6.33. The van der Waals surface area contributed by atoms with Crippen molar-refractivity contribution >= 4 is 11.7 Å². The molecule has 0 saturated heterocycles. The van der Waals surface area contributed by atoms with Crippen LogP contribution in [0.1, 0.15) is 32.3 Å². The molecule has 0 heterocycles. The van der Waals surface area contributed by atoms with E-state index < -0.39 is 10.3 Å². The Morgan fingerprint density at radius 2 is 2.06 bits per heavy atom. The van der Waals surface area contributed by atoms with Crippen LogP contribution in [0, 0.1) is 15.5 Å². The molecule has 1 unspecified atom stereocenters. The average Bonchev–Trinajstić information content (AvgIpc) is 2.36. The van der Waals surface area contributed by atoms with Crippen molar-refractivity contribution in [2.24, 2.45) is 5.41 Å². The van der Waals surface area contributed by atoms with Crippen LogP contribution in [0.4, 0.5) is 5.69 Å². The van der Waals surface area contributed by atoms with Gasteiger partial charge in [0.15, 0.2) is 0 Å². The van der Waals surface area contributed by atoms with Crippen LogP contribution in [-0.2, 0) is 9.53 Å². The third-order valence-electron chi connectivity index (χ3n) is 3.38. The quantitative estimate of drug-likeness (QED) is 0.468. The summed E-state index contributed by atoms with van der Waals surface area (Å²) in [7, 11) is 1.34. The Bertz CT molecular complexity index is 468. The lowest BCUT2D eigenvalue weighted by molar-refractivity contribution is -0.384. The molecule has 0 N–H and O–H groups in total. The van der Waals surface area contributed by atoms with Crippen molar-refractivity contribution in [3.63, 3.8) is 0 Å². The number of nitro benzene ring substituents is 1. The number of carbonyl (C=O) groups is 1. The highest BCUT2D eigenvalue weighted by molar-refractivity contribution is 5.77. The van der Waals surface area contributed by atoms with E-state index in [9.17, 15) is 14.9 Å². The fourth-order valence-corrected chi connectivity index (χ4v) is 1.76. The Hall–Kier alpha value is -1.91. The van der Waals surface area contributed by atoms with Crippen LogP contribution in [0.3, 0.4) is 0 Å². The first-order valence-corrected chi connectivity index (χ1v) is 5.63. The normalized spacial score (nSPS) is 12.9. The molecule has 5 nitrogen and oxygen atoms in total. The van der Waals surface area contributed by atoms with E-state index in [1.54, 1.807) is 26.0 Å². The maximum absolute atomic E-state index is 11.7. The summed E-state index contributed by atoms with van der Waals surface area (Å²) < 4.78 is 4.76. The third-order valence-corrected chi connectivity index (χ3v) is 3.38. The van der Waals surface area contributed by atoms with Crippen LogP contribution in [0.15, 0.2) is 24.3 Å². The molecule has 18 heavy (non-hydrogen) atoms. The zero-order valence-corrected chi connectivity index (χ0v) is 11.0. The number of esters is 1. The van der Waals surface area contributed by atoms with Crippen molar-refractivity contribution in [1.29, 1.82) is 0 Å². The molecule has 0 aliphatic carbocycles. The summed E-state index contributed by atoms with van der Waals surface area (Å²) in [4.78, 5) is 22.0. The van der Waals surface area contributed by atoms with Crippen LogP contribution < -0.4 is 0 Å². The van der Waals surface area contributed by atoms with Gasteiger partial charge >= 0.3 is 5.97 Å². The topological polar surface area (TPSA) is 69.4 Å². The number of ether oxygens (including phenoxy) is 1. The summed E-state index contributed by atoms with van der Waals surface area (Å²) in [6.07, 6.45) is 0. The van der Waals surface area contributed by atoms with Gasteiger partial charge in [-0.3, -0.25) is 14.9 Å². The molecule has 0 radical (unpaired) electrons. The minimum absolute atomic E-state index is 0.0278. The van der Waals surface area contributed by atoms with Crippen LogP contribution in [0.25, 0.3) is 0 Å². The summed E-state index contributed by atoms with van der Waals surface area (Å²) in [5, 5.41) is 10.7. The zero-order chi connectivity index (χ0) is 13.9. The summed E-state index contributed by atoms with van der Waals surface area (Å²) in [5.41, 5.74) is 0.0453. The Labute approximate surface area is 106 Å². The fourth-order valence-electron chi connectivity index (χ4n) is 1.76. The van der Waals surface area contributed by atoms with Gasteiger partial charge in [0.05, 0.1) is 17.4 Å². The highest BCUT2D eigenvalue weighted by atomic mass is 16.6. The average molecular weight is 251 g/mol. The Kier molecular flexibility index (Phi) is 4.06. The van der Waals surface area contributed by atoms with Gasteiger partial charge in [-0.05, 0) is 25.3 Å². The second-order valence-electron chi connectivity index (χ2n) is 4.79. The number of carbonyl (C=O) groups excluding carboxylic acids is 1. The lowest BCUT2D eigenvalue weighted by Crippen LogP contribution is -2.31. The molecule has 0 aromatic heterocycles. The highest BCUT2D eigenvalue weighted by Gasteiger charge is 2.36. The van der Waals surface area contributed by atoms with Crippen molar-refractivity contribution in [3.8, 4) is 0 Å². The molecule has 98 valence electrons. The molecule has 1 aromatic rings. The number of nitrogens with zero attached hydrogens (tertiary/aromatic N) is 1. The van der Waals surface area contributed by atoms with Crippen molar-refractivity contribution in [1.82, 2.24) is 0 Å². The van der Waals surface area contributed by atoms with Gasteiger partial charge in [0.1, 0.15) is 0 Å². The molecule has 1 aromatic carbocycles. The third kappa shape index (κ3) is 2.67. The van der Waals surface area contributed by atoms with E-state index in [-0.39, 0.29) is 17.6 Å². The van der Waals surface area contributed by atoms with Gasteiger partial charge in [0, 0.05) is 12.1 Å². The van der Waals surface area contributed by atoms with Gasteiger partial charge < -0.3 is 4.74 Å². The SMILES string of the molecule is COC(=O)C(C)(C)C(C)c1cccc([N+](=O)[O-])c1. The van der Waals surface area contributed by atoms with E-state index in [0.717, 1.165) is 5.56 Å². The van der Waals surface area contributed by atoms with E-state index in [4.69, 9.17) is 4.74 Å². The van der Waals surface area contributed by atoms with E-state index in [2.05, 4.69) is 0 Å². The van der Waals surface area contributed by atoms with Gasteiger partial charge in [-0.2, -0.15) is 0 Å². The molecule has 0 spiro atoms. The summed E-state index contributed by atoms with van der Waals surface area (Å²) >= 11 is 0. The van der Waals surface area contributed by atoms with E-state index in [1.165, 1.54) is 19.2 Å². The molecule has 0 fully saturated rings. The number of methoxy groups -OCH3 is 1. The van der Waals surface area contributed by atoms with E-state index in [1.807, 2.05) is 6.92 Å². The molecule has 0 amide bonds. The zero-order valence-electron chi connectivity index (χ0n) is 11.0. The molecule has 1 rings (SSSR count). The molecule has 0 bridgehead atoms. The van der Waals surface area contributed by atoms with Crippen molar-refractivity contribution < 1.29 is 14.5 Å². The second-order valence-corrected chi connectivity index (χ2v) is 4.79. The monoisotopic (exact) mass is 251 g/mol. The molecular weight excluding hydrogens is 234 g/mol. The largest absolute Gasteiger partial charge is 0.469 e. The smallest absolute Gasteiger partial charge is 0.311 e. The maximum Gasteiger partial charge on any atom is 0.311 e. The van der Waals surface area contributed by atoms with Gasteiger partial charge in [0.2, 0.25) is 0 Å². The van der Waals surface area contributed by atoms with E-state index >= 15 is 0 Å². The number of rotatable bonds is 4. The van der Waals surface area contributed by atoms with Crippen molar-refractivity contribution in [3.05, 3.63) is 39.9 Å². The van der Waals surface area contributed by atoms with Gasteiger partial charge in [0.25, 0.3) is 5.69 Å². The first kappa shape index (κ1) is 14.2. The van der Waals surface area contributed by atoms with E-state index in [0.29, 0.717) is 0 Å². The lowest BCUT2D eigenvalue weighted by atomic mass is 9.76. The number of hydrogen-bond donors (Lipinski definition) is 0. The minimum Gasteiger partial charge on any atom is -0.469 e. The van der Waals surface area contributed by atoms with Gasteiger partial charge in [-0.25, -0.2) is 0 Å². The molecule has 1 atom stereocenters. The fraction of sp³-hybridized carbons (Fsp3) is 0.462. The number of hydrogen-bond acceptors (Lipinski definition) is 4. The summed E-state index contributed by atoms with van der Waals surface area (Å²) in [6.45, 7) is 5.39. The van der Waals surface area contributed by atoms with Gasteiger partial charge in [-0.1, -0.05) is 19.1 Å². The van der Waals surface area contributed by atoms with Crippen molar-refractivity contribution in [2.45, 2.75) is 26.7 Å². The first-order chi connectivity index (χ1) is 8.30. The predicted octanol–water partition coefficient (Wildman–Crippen LogP) is 2.90. The Morgan fingerprint density at radius 1 is 1.44 bits per heavy atom. The maximum atomic E-state index is 11.7. The Balaban J connectivity index is 3.10. The Morgan fingerprint density at radius 3 is 2.56 bits per heavy atom. The molecule has 0 saturated carbocycles. The first-order valence-electron chi connectivity index (χ1n) is 5.63. The predicted molar refractivity (Wildman–Crippen MR) is 67.3 cm³/mol. The highest BCUT2D eigenvalue weighted by Crippen LogP contribution is 2.37. The van der Waals surface area contributed by atoms with Crippen LogP contribution in [0.5, 0.6) is 0 Å². The number of non-ortho nitro benzene ring substituents is 1. The summed E-state index contributed by atoms with van der Waals surface area (Å²) in [5.74, 6) is -0.508. The molecule has 0 aliphatic heterocycles. The molecular formula is C13H17NO4. The van der Waals surface area contributed by atoms with Crippen LogP contribution in [-0.4, -0.2) is 18.0 Å². The van der Waals surface area contributed by atoms with Crippen LogP contribution >= 0.6 is 0 Å². The standard InChI is InChI=1S/C13H17NO4/c1-9(13(2,3)12(15)18-4)10-6-5-7-11(8-10)14(16)17/h5-9H,1-4H3. The van der Waals surface area contributed by atoms with Crippen molar-refractivity contribution in [2.75, 3.05) is 7.11 Å². The number of benzene rings is 1. The minimum atomic E-state index is -0.732. The number of nitro groups is 1. The second kappa shape index (κ2) is 5.16. The van der Waals surface area contributed by atoms with Crippen LogP contribution in [0.2, 0.25) is 0 Å².